The number of methoxy groups -OCH3 is 2. The summed E-state index contributed by atoms with van der Waals surface area (Å²) < 4.78 is 15.4. The number of benzene rings is 1. The molecule has 0 radical (unpaired) electrons. The molecule has 1 fully saturated rings. The average molecular weight is 353 g/mol. The molecule has 1 aromatic carbocycles. The lowest BCUT2D eigenvalue weighted by molar-refractivity contribution is 0.0161. The maximum Gasteiger partial charge on any atom is 0.429 e. The highest BCUT2D eigenvalue weighted by Crippen LogP contribution is 2.37. The number of terminal acetylenes is 1. The number of amides is 2. The quantitative estimate of drug-likeness (QED) is 0.777. The highest BCUT2D eigenvalue weighted by molar-refractivity contribution is 6.32. The minimum absolute atomic E-state index is 0.143. The summed E-state index contributed by atoms with van der Waals surface area (Å²) in [6.45, 7) is 0.532. The predicted octanol–water partition coefficient (Wildman–Crippen LogP) is 2.19. The Labute approximate surface area is 145 Å². The van der Waals surface area contributed by atoms with Gasteiger partial charge in [-0.1, -0.05) is 17.5 Å². The van der Waals surface area contributed by atoms with E-state index in [-0.39, 0.29) is 22.9 Å². The van der Waals surface area contributed by atoms with Gasteiger partial charge >= 0.3 is 6.09 Å². The van der Waals surface area contributed by atoms with Crippen molar-refractivity contribution in [1.82, 2.24) is 10.0 Å². The second-order valence-electron chi connectivity index (χ2n) is 4.82. The predicted molar refractivity (Wildman–Crippen MR) is 87.1 cm³/mol. The number of hydrogen-bond donors (Lipinski definition) is 0. The van der Waals surface area contributed by atoms with Gasteiger partial charge in [-0.3, -0.25) is 4.79 Å². The van der Waals surface area contributed by atoms with Gasteiger partial charge in [0.15, 0.2) is 12.4 Å². The SMILES string of the molecule is C#CCOC(=O)N1CCCN1C(=O)c1c(OC)ccc(Cl)c1OC. The molecule has 1 aromatic rings. The minimum Gasteiger partial charge on any atom is -0.496 e. The lowest BCUT2D eigenvalue weighted by Crippen LogP contribution is -2.45. The molecule has 24 heavy (non-hydrogen) atoms. The summed E-state index contributed by atoms with van der Waals surface area (Å²) in [5.74, 6) is 2.22. The molecule has 0 atom stereocenters. The maximum absolute atomic E-state index is 13.0. The van der Waals surface area contributed by atoms with Crippen LogP contribution in [0, 0.1) is 12.3 Å². The van der Waals surface area contributed by atoms with E-state index in [2.05, 4.69) is 5.92 Å². The Morgan fingerprint density at radius 1 is 1.25 bits per heavy atom. The molecule has 0 aliphatic carbocycles. The monoisotopic (exact) mass is 352 g/mol. The molecule has 128 valence electrons. The van der Waals surface area contributed by atoms with E-state index in [0.29, 0.717) is 25.3 Å². The minimum atomic E-state index is -0.682. The second-order valence-corrected chi connectivity index (χ2v) is 5.23. The van der Waals surface area contributed by atoms with E-state index in [1.807, 2.05) is 0 Å². The van der Waals surface area contributed by atoms with E-state index < -0.39 is 12.0 Å². The van der Waals surface area contributed by atoms with Crippen LogP contribution in [0.15, 0.2) is 12.1 Å². The van der Waals surface area contributed by atoms with Crippen LogP contribution in [0.4, 0.5) is 4.79 Å². The molecule has 1 saturated heterocycles. The van der Waals surface area contributed by atoms with Crippen molar-refractivity contribution in [2.45, 2.75) is 6.42 Å². The molecule has 8 heteroatoms. The van der Waals surface area contributed by atoms with Crippen molar-refractivity contribution < 1.29 is 23.8 Å². The summed E-state index contributed by atoms with van der Waals surface area (Å²) in [6.07, 6.45) is 5.01. The van der Waals surface area contributed by atoms with Crippen LogP contribution in [0.25, 0.3) is 0 Å². The zero-order valence-electron chi connectivity index (χ0n) is 13.4. The molecular weight excluding hydrogens is 336 g/mol. The molecule has 7 nitrogen and oxygen atoms in total. The normalized spacial score (nSPS) is 13.4. The first-order valence-corrected chi connectivity index (χ1v) is 7.53. The number of carbonyl (C=O) groups is 2. The van der Waals surface area contributed by atoms with Crippen molar-refractivity contribution in [1.29, 1.82) is 0 Å². The van der Waals surface area contributed by atoms with Crippen LogP contribution in [0.1, 0.15) is 16.8 Å². The Balaban J connectivity index is 2.36. The number of ether oxygens (including phenoxy) is 3. The molecule has 0 unspecified atom stereocenters. The van der Waals surface area contributed by atoms with Gasteiger partial charge in [0.2, 0.25) is 0 Å². The molecule has 0 aromatic heterocycles. The number of hydrogen-bond acceptors (Lipinski definition) is 5. The standard InChI is InChI=1S/C16H17ClN2O5/c1-4-10-24-16(21)19-9-5-8-18(19)15(20)13-12(22-2)7-6-11(17)14(13)23-3/h1,6-7H,5,8-10H2,2-3H3. The van der Waals surface area contributed by atoms with Crippen molar-refractivity contribution in [2.24, 2.45) is 0 Å². The first-order chi connectivity index (χ1) is 11.5. The molecule has 1 heterocycles. The first kappa shape index (κ1) is 17.8. The molecule has 0 N–H and O–H groups in total. The maximum atomic E-state index is 13.0. The molecule has 1 aliphatic rings. The van der Waals surface area contributed by atoms with Crippen molar-refractivity contribution in [3.05, 3.63) is 22.7 Å². The lowest BCUT2D eigenvalue weighted by atomic mass is 10.1. The van der Waals surface area contributed by atoms with Gasteiger partial charge in [-0.2, -0.15) is 0 Å². The summed E-state index contributed by atoms with van der Waals surface area (Å²) in [4.78, 5) is 25.0. The summed E-state index contributed by atoms with van der Waals surface area (Å²) in [6, 6.07) is 3.13. The van der Waals surface area contributed by atoms with E-state index in [1.54, 1.807) is 12.1 Å². The van der Waals surface area contributed by atoms with Gasteiger partial charge in [0, 0.05) is 13.1 Å². The van der Waals surface area contributed by atoms with Crippen LogP contribution < -0.4 is 9.47 Å². The Morgan fingerprint density at radius 2 is 1.96 bits per heavy atom. The van der Waals surface area contributed by atoms with Gasteiger partial charge in [0.1, 0.15) is 11.3 Å². The van der Waals surface area contributed by atoms with E-state index in [9.17, 15) is 9.59 Å². The van der Waals surface area contributed by atoms with Crippen LogP contribution in [-0.2, 0) is 4.74 Å². The van der Waals surface area contributed by atoms with Gasteiger partial charge in [-0.05, 0) is 18.6 Å². The Bertz CT molecular complexity index is 686. The third-order valence-electron chi connectivity index (χ3n) is 3.46. The molecule has 1 aliphatic heterocycles. The summed E-state index contributed by atoms with van der Waals surface area (Å²) in [5.41, 5.74) is 0.143. The Morgan fingerprint density at radius 3 is 2.58 bits per heavy atom. The van der Waals surface area contributed by atoms with E-state index in [1.165, 1.54) is 24.2 Å². The number of carbonyl (C=O) groups excluding carboxylic acids is 2. The lowest BCUT2D eigenvalue weighted by Gasteiger charge is -2.28. The smallest absolute Gasteiger partial charge is 0.429 e. The van der Waals surface area contributed by atoms with Gasteiger partial charge in [-0.15, -0.1) is 6.42 Å². The zero-order chi connectivity index (χ0) is 17.7. The van der Waals surface area contributed by atoms with E-state index in [4.69, 9.17) is 32.2 Å². The first-order valence-electron chi connectivity index (χ1n) is 7.15. The molecule has 0 saturated carbocycles. The van der Waals surface area contributed by atoms with E-state index >= 15 is 0 Å². The third-order valence-corrected chi connectivity index (χ3v) is 3.76. The molecule has 2 amide bonds. The van der Waals surface area contributed by atoms with Crippen LogP contribution in [0.3, 0.4) is 0 Å². The largest absolute Gasteiger partial charge is 0.496 e. The van der Waals surface area contributed by atoms with Crippen molar-refractivity contribution in [3.8, 4) is 23.8 Å². The van der Waals surface area contributed by atoms with Gasteiger partial charge in [-0.25, -0.2) is 14.8 Å². The Kier molecular flexibility index (Phi) is 5.77. The van der Waals surface area contributed by atoms with Crippen LogP contribution in [0.5, 0.6) is 11.5 Å². The summed E-state index contributed by atoms with van der Waals surface area (Å²) in [7, 11) is 2.84. The highest BCUT2D eigenvalue weighted by atomic mass is 35.5. The number of hydrazine groups is 1. The van der Waals surface area contributed by atoms with Gasteiger partial charge < -0.3 is 14.2 Å². The van der Waals surface area contributed by atoms with Gasteiger partial charge in [0.25, 0.3) is 5.91 Å². The molecule has 2 rings (SSSR count). The fourth-order valence-electron chi connectivity index (χ4n) is 2.43. The molecule has 0 bridgehead atoms. The molecule has 0 spiro atoms. The van der Waals surface area contributed by atoms with Crippen molar-refractivity contribution in [3.63, 3.8) is 0 Å². The topological polar surface area (TPSA) is 68.3 Å². The van der Waals surface area contributed by atoms with Gasteiger partial charge in [0.05, 0.1) is 19.2 Å². The Hall–Kier alpha value is -2.59. The van der Waals surface area contributed by atoms with Crippen molar-refractivity contribution >= 4 is 23.6 Å². The number of halogens is 1. The van der Waals surface area contributed by atoms with Crippen LogP contribution in [0.2, 0.25) is 5.02 Å². The highest BCUT2D eigenvalue weighted by Gasteiger charge is 2.35. The van der Waals surface area contributed by atoms with E-state index in [0.717, 1.165) is 0 Å². The van der Waals surface area contributed by atoms with Crippen molar-refractivity contribution in [2.75, 3.05) is 33.9 Å². The zero-order valence-corrected chi connectivity index (χ0v) is 14.1. The number of nitrogens with zero attached hydrogens (tertiary/aromatic N) is 2. The average Bonchev–Trinajstić information content (AvgIpc) is 3.08. The second kappa shape index (κ2) is 7.79. The fourth-order valence-corrected chi connectivity index (χ4v) is 2.67. The third kappa shape index (κ3) is 3.34. The van der Waals surface area contributed by atoms with Crippen LogP contribution >= 0.6 is 11.6 Å². The summed E-state index contributed by atoms with van der Waals surface area (Å²) >= 11 is 6.10. The van der Waals surface area contributed by atoms with Crippen LogP contribution in [-0.4, -0.2) is 55.9 Å². The fraction of sp³-hybridized carbons (Fsp3) is 0.375. The molecular formula is C16H17ClN2O5. The number of rotatable bonds is 4. The summed E-state index contributed by atoms with van der Waals surface area (Å²) in [5, 5.41) is 2.75.